The van der Waals surface area contributed by atoms with Gasteiger partial charge in [-0.3, -0.25) is 0 Å². The fraction of sp³-hybridized carbons (Fsp3) is 0. The molecule has 0 aliphatic heterocycles. The molecule has 0 saturated heterocycles. The molecule has 5 nitrogen and oxygen atoms in total. The average Bonchev–Trinajstić information content (AvgIpc) is 3.02. The van der Waals surface area contributed by atoms with Crippen LogP contribution >= 0.6 is 0 Å². The maximum Gasteiger partial charge on any atom is 0.151 e. The molecule has 3 aromatic rings. The van der Waals surface area contributed by atoms with Crippen LogP contribution in [-0.2, 0) is 0 Å². The summed E-state index contributed by atoms with van der Waals surface area (Å²) in [5, 5.41) is 11.5. The van der Waals surface area contributed by atoms with Crippen LogP contribution in [-0.4, -0.2) is 24.8 Å². The summed E-state index contributed by atoms with van der Waals surface area (Å²) < 4.78 is 16.9. The zero-order valence-electron chi connectivity index (χ0n) is 8.73. The lowest BCUT2D eigenvalue weighted by molar-refractivity contribution is 0.608. The summed E-state index contributed by atoms with van der Waals surface area (Å²) >= 11 is 0. The van der Waals surface area contributed by atoms with Gasteiger partial charge in [0, 0.05) is 18.5 Å². The molecule has 1 aromatic carbocycles. The van der Waals surface area contributed by atoms with Gasteiger partial charge in [-0.25, -0.2) is 13.8 Å². The van der Waals surface area contributed by atoms with E-state index < -0.39 is 0 Å². The Morgan fingerprint density at radius 1 is 1.06 bits per heavy atom. The molecular formula is C11H8FN5. The zero-order valence-corrected chi connectivity index (χ0v) is 8.73. The largest absolute Gasteiger partial charge is 0.238 e. The molecule has 0 atom stereocenters. The molecule has 0 amide bonds. The molecule has 0 spiro atoms. The van der Waals surface area contributed by atoms with Crippen molar-refractivity contribution in [2.75, 3.05) is 0 Å². The first-order chi connectivity index (χ1) is 8.34. The molecule has 0 radical (unpaired) electrons. The van der Waals surface area contributed by atoms with Gasteiger partial charge < -0.3 is 0 Å². The minimum Gasteiger partial charge on any atom is -0.238 e. The van der Waals surface area contributed by atoms with E-state index in [1.54, 1.807) is 43.0 Å². The highest BCUT2D eigenvalue weighted by Gasteiger charge is 2.07. The number of hydrogen-bond donors (Lipinski definition) is 0. The van der Waals surface area contributed by atoms with Crippen LogP contribution in [0.3, 0.4) is 0 Å². The van der Waals surface area contributed by atoms with E-state index in [1.165, 1.54) is 15.4 Å². The SMILES string of the molecule is Fc1cc(-n2ccnn2)ccc1-n1cccn1. The van der Waals surface area contributed by atoms with Gasteiger partial charge in [0.1, 0.15) is 5.69 Å². The van der Waals surface area contributed by atoms with E-state index >= 15 is 0 Å². The number of rotatable bonds is 2. The molecule has 0 aliphatic carbocycles. The predicted molar refractivity (Wildman–Crippen MR) is 58.4 cm³/mol. The van der Waals surface area contributed by atoms with Gasteiger partial charge in [0.05, 0.1) is 18.1 Å². The highest BCUT2D eigenvalue weighted by Crippen LogP contribution is 2.16. The Kier molecular flexibility index (Phi) is 2.18. The fourth-order valence-electron chi connectivity index (χ4n) is 1.58. The topological polar surface area (TPSA) is 48.5 Å². The van der Waals surface area contributed by atoms with Gasteiger partial charge in [-0.05, 0) is 18.2 Å². The standard InChI is InChI=1S/C11H8FN5/c12-10-8-9(16-7-5-13-15-16)2-3-11(10)17-6-1-4-14-17/h1-8H. The molecule has 6 heteroatoms. The van der Waals surface area contributed by atoms with Crippen molar-refractivity contribution in [1.29, 1.82) is 0 Å². The molecule has 0 fully saturated rings. The normalized spacial score (nSPS) is 10.6. The second kappa shape index (κ2) is 3.82. The molecule has 3 rings (SSSR count). The summed E-state index contributed by atoms with van der Waals surface area (Å²) in [4.78, 5) is 0. The quantitative estimate of drug-likeness (QED) is 0.670. The lowest BCUT2D eigenvalue weighted by Gasteiger charge is -2.05. The molecule has 17 heavy (non-hydrogen) atoms. The Morgan fingerprint density at radius 3 is 2.65 bits per heavy atom. The third-order valence-corrected chi connectivity index (χ3v) is 2.37. The first kappa shape index (κ1) is 9.71. The van der Waals surface area contributed by atoms with Crippen LogP contribution < -0.4 is 0 Å². The Balaban J connectivity index is 2.06. The Bertz CT molecular complexity index is 615. The monoisotopic (exact) mass is 229 g/mol. The minimum atomic E-state index is -0.360. The molecule has 0 aliphatic rings. The Hall–Kier alpha value is -2.50. The van der Waals surface area contributed by atoms with Crippen molar-refractivity contribution < 1.29 is 4.39 Å². The summed E-state index contributed by atoms with van der Waals surface area (Å²) in [5.74, 6) is -0.360. The second-order valence-corrected chi connectivity index (χ2v) is 3.43. The van der Waals surface area contributed by atoms with E-state index in [4.69, 9.17) is 0 Å². The Morgan fingerprint density at radius 2 is 2.00 bits per heavy atom. The third kappa shape index (κ3) is 1.69. The van der Waals surface area contributed by atoms with Crippen LogP contribution in [0.15, 0.2) is 49.1 Å². The van der Waals surface area contributed by atoms with Crippen LogP contribution in [0.25, 0.3) is 11.4 Å². The smallest absolute Gasteiger partial charge is 0.151 e. The predicted octanol–water partition coefficient (Wildman–Crippen LogP) is 1.59. The van der Waals surface area contributed by atoms with Crippen molar-refractivity contribution in [3.8, 4) is 11.4 Å². The van der Waals surface area contributed by atoms with Gasteiger partial charge >= 0.3 is 0 Å². The fourth-order valence-corrected chi connectivity index (χ4v) is 1.58. The van der Waals surface area contributed by atoms with Crippen LogP contribution in [0.5, 0.6) is 0 Å². The van der Waals surface area contributed by atoms with Gasteiger partial charge in [-0.1, -0.05) is 5.21 Å². The minimum absolute atomic E-state index is 0.360. The first-order valence-electron chi connectivity index (χ1n) is 5.01. The molecule has 0 bridgehead atoms. The molecule has 0 saturated carbocycles. The number of hydrogen-bond acceptors (Lipinski definition) is 3. The third-order valence-electron chi connectivity index (χ3n) is 2.37. The number of benzene rings is 1. The van der Waals surface area contributed by atoms with E-state index in [0.717, 1.165) is 0 Å². The van der Waals surface area contributed by atoms with Gasteiger partial charge in [0.2, 0.25) is 0 Å². The molecular weight excluding hydrogens is 221 g/mol. The number of halogens is 1. The van der Waals surface area contributed by atoms with E-state index in [1.807, 2.05) is 0 Å². The lowest BCUT2D eigenvalue weighted by atomic mass is 10.2. The Labute approximate surface area is 96.1 Å². The number of nitrogens with zero attached hydrogens (tertiary/aromatic N) is 5. The number of aromatic nitrogens is 5. The molecule has 0 unspecified atom stereocenters. The van der Waals surface area contributed by atoms with Crippen LogP contribution in [0.4, 0.5) is 4.39 Å². The summed E-state index contributed by atoms with van der Waals surface area (Å²) in [6, 6.07) is 6.55. The van der Waals surface area contributed by atoms with Gasteiger partial charge in [0.15, 0.2) is 5.82 Å². The molecule has 0 N–H and O–H groups in total. The van der Waals surface area contributed by atoms with E-state index in [9.17, 15) is 4.39 Å². The van der Waals surface area contributed by atoms with E-state index in [0.29, 0.717) is 11.4 Å². The van der Waals surface area contributed by atoms with Crippen LogP contribution in [0, 0.1) is 5.82 Å². The van der Waals surface area contributed by atoms with E-state index in [2.05, 4.69) is 15.4 Å². The summed E-state index contributed by atoms with van der Waals surface area (Å²) in [5.41, 5.74) is 1.02. The van der Waals surface area contributed by atoms with Crippen LogP contribution in [0.1, 0.15) is 0 Å². The van der Waals surface area contributed by atoms with Gasteiger partial charge in [0.25, 0.3) is 0 Å². The average molecular weight is 229 g/mol. The maximum absolute atomic E-state index is 13.9. The van der Waals surface area contributed by atoms with Crippen LogP contribution in [0.2, 0.25) is 0 Å². The van der Waals surface area contributed by atoms with Crippen molar-refractivity contribution in [3.05, 3.63) is 54.9 Å². The highest BCUT2D eigenvalue weighted by molar-refractivity contribution is 5.41. The first-order valence-corrected chi connectivity index (χ1v) is 5.01. The van der Waals surface area contributed by atoms with Crippen molar-refractivity contribution >= 4 is 0 Å². The molecule has 84 valence electrons. The van der Waals surface area contributed by atoms with Crippen molar-refractivity contribution in [1.82, 2.24) is 24.8 Å². The van der Waals surface area contributed by atoms with Gasteiger partial charge in [-0.2, -0.15) is 5.10 Å². The molecule has 2 heterocycles. The van der Waals surface area contributed by atoms with Crippen molar-refractivity contribution in [3.63, 3.8) is 0 Å². The summed E-state index contributed by atoms with van der Waals surface area (Å²) in [7, 11) is 0. The zero-order chi connectivity index (χ0) is 11.7. The summed E-state index contributed by atoms with van der Waals surface area (Å²) in [6.45, 7) is 0. The maximum atomic E-state index is 13.9. The van der Waals surface area contributed by atoms with Gasteiger partial charge in [-0.15, -0.1) is 5.10 Å². The highest BCUT2D eigenvalue weighted by atomic mass is 19.1. The molecule has 2 aromatic heterocycles. The van der Waals surface area contributed by atoms with Crippen molar-refractivity contribution in [2.45, 2.75) is 0 Å². The summed E-state index contributed by atoms with van der Waals surface area (Å²) in [6.07, 6.45) is 6.49. The second-order valence-electron chi connectivity index (χ2n) is 3.43. The van der Waals surface area contributed by atoms with Crippen molar-refractivity contribution in [2.24, 2.45) is 0 Å². The lowest BCUT2D eigenvalue weighted by Crippen LogP contribution is -2.01. The van der Waals surface area contributed by atoms with E-state index in [-0.39, 0.29) is 5.82 Å².